The predicted octanol–water partition coefficient (Wildman–Crippen LogP) is -4.21. The van der Waals surface area contributed by atoms with E-state index < -0.39 is 7.91 Å². The van der Waals surface area contributed by atoms with Crippen LogP contribution >= 0.6 is 7.91 Å². The van der Waals surface area contributed by atoms with E-state index in [1.54, 1.807) is 0 Å². The van der Waals surface area contributed by atoms with Gasteiger partial charge in [0.05, 0.1) is 0 Å². The normalized spacial score (nSPS) is 8.43. The van der Waals surface area contributed by atoms with Crippen molar-refractivity contribution in [3.63, 3.8) is 0 Å². The molecule has 0 aromatic carbocycles. The molecule has 0 atom stereocenters. The number of rotatable bonds is 0. The molecule has 0 bridgehead atoms. The van der Waals surface area contributed by atoms with Crippen LogP contribution in [0, 0.1) is 0 Å². The van der Waals surface area contributed by atoms with Crippen molar-refractivity contribution in [2.75, 3.05) is 0 Å². The molecule has 0 unspecified atom stereocenters. The second-order valence-corrected chi connectivity index (χ2v) is 1.29. The van der Waals surface area contributed by atoms with Crippen molar-refractivity contribution in [1.29, 1.82) is 0 Å². The zero-order valence-electron chi connectivity index (χ0n) is 3.35. The van der Waals surface area contributed by atoms with Gasteiger partial charge in [0, 0.05) is 0 Å². The fraction of sp³-hybridized carbons (Fsp3) is 0. The SMILES string of the molecule is O=P([O-])([O-])F.[Cu+2].[K+]. The maximum atomic E-state index is 10.1. The van der Waals surface area contributed by atoms with Gasteiger partial charge in [-0.1, -0.05) is 0 Å². The minimum absolute atomic E-state index is 0. The van der Waals surface area contributed by atoms with Gasteiger partial charge >= 0.3 is 68.5 Å². The van der Waals surface area contributed by atoms with E-state index >= 15 is 0 Å². The standard InChI is InChI=1S/Cu.FH2O3P.K/c;1-5(2,3)4;/h;(H2,2,3,4);/q+2;;+1/p-2. The van der Waals surface area contributed by atoms with E-state index in [0.717, 1.165) is 0 Å². The smallest absolute Gasteiger partial charge is 0.786 e. The second-order valence-electron chi connectivity index (χ2n) is 0.431. The Hall–Kier alpha value is 2.24. The molecule has 0 saturated carbocycles. The van der Waals surface area contributed by atoms with Crippen LogP contribution in [-0.4, -0.2) is 0 Å². The Morgan fingerprint density at radius 1 is 1.43 bits per heavy atom. The Morgan fingerprint density at radius 2 is 1.43 bits per heavy atom. The molecular formula is CuFKO3P+. The Bertz CT molecular complexity index is 61.1. The van der Waals surface area contributed by atoms with Crippen LogP contribution in [0.5, 0.6) is 0 Å². The van der Waals surface area contributed by atoms with Crippen molar-refractivity contribution in [3.8, 4) is 0 Å². The summed E-state index contributed by atoms with van der Waals surface area (Å²) in [6, 6.07) is 0. The molecule has 0 aliphatic rings. The molecule has 0 spiro atoms. The third-order valence-corrected chi connectivity index (χ3v) is 0. The van der Waals surface area contributed by atoms with Crippen molar-refractivity contribution in [2.24, 2.45) is 0 Å². The number of hydrogen-bond donors (Lipinski definition) is 0. The molecule has 0 rings (SSSR count). The van der Waals surface area contributed by atoms with Crippen LogP contribution in [0.25, 0.3) is 0 Å². The van der Waals surface area contributed by atoms with E-state index in [1.807, 2.05) is 0 Å². The number of hydrogen-bond acceptors (Lipinski definition) is 3. The van der Waals surface area contributed by atoms with Gasteiger partial charge in [0.2, 0.25) is 0 Å². The van der Waals surface area contributed by atoms with Crippen molar-refractivity contribution in [1.82, 2.24) is 0 Å². The summed E-state index contributed by atoms with van der Waals surface area (Å²) in [4.78, 5) is 16.9. The Morgan fingerprint density at radius 3 is 1.43 bits per heavy atom. The van der Waals surface area contributed by atoms with Gasteiger partial charge in [-0.25, -0.2) is 4.20 Å². The van der Waals surface area contributed by atoms with Gasteiger partial charge in [0.1, 0.15) is 7.91 Å². The Balaban J connectivity index is -0.0000000800. The van der Waals surface area contributed by atoms with Crippen molar-refractivity contribution >= 4 is 7.91 Å². The molecule has 7 heteroatoms. The van der Waals surface area contributed by atoms with Gasteiger partial charge in [0.25, 0.3) is 0 Å². The van der Waals surface area contributed by atoms with E-state index in [-0.39, 0.29) is 68.5 Å². The van der Waals surface area contributed by atoms with E-state index in [0.29, 0.717) is 0 Å². The van der Waals surface area contributed by atoms with E-state index in [1.165, 1.54) is 0 Å². The summed E-state index contributed by atoms with van der Waals surface area (Å²) in [6.07, 6.45) is 0. The summed E-state index contributed by atoms with van der Waals surface area (Å²) < 4.78 is 18.6. The zero-order chi connectivity index (χ0) is 4.50. The fourth-order valence-corrected chi connectivity index (χ4v) is 0. The summed E-state index contributed by atoms with van der Waals surface area (Å²) in [7, 11) is -5.64. The van der Waals surface area contributed by atoms with Crippen LogP contribution in [0.3, 0.4) is 0 Å². The molecule has 0 aromatic heterocycles. The maximum absolute atomic E-state index is 10.1. The van der Waals surface area contributed by atoms with E-state index in [2.05, 4.69) is 0 Å². The molecular weight excluding hydrogens is 201 g/mol. The molecule has 0 aliphatic carbocycles. The molecule has 0 aromatic rings. The molecule has 0 heterocycles. The minimum Gasteiger partial charge on any atom is -0.786 e. The van der Waals surface area contributed by atoms with Crippen LogP contribution in [0.1, 0.15) is 0 Å². The quantitative estimate of drug-likeness (QED) is 0.294. The van der Waals surface area contributed by atoms with Crippen LogP contribution in [-0.2, 0) is 21.6 Å². The minimum atomic E-state index is -5.64. The van der Waals surface area contributed by atoms with E-state index in [9.17, 15) is 4.20 Å². The molecule has 41 valence electrons. The van der Waals surface area contributed by atoms with Gasteiger partial charge in [-0.3, -0.25) is 0 Å². The third kappa shape index (κ3) is 64.1. The summed E-state index contributed by atoms with van der Waals surface area (Å²) in [5.41, 5.74) is 0. The van der Waals surface area contributed by atoms with Crippen LogP contribution in [0.15, 0.2) is 0 Å². The fourth-order valence-electron chi connectivity index (χ4n) is 0. The summed E-state index contributed by atoms with van der Waals surface area (Å²) in [5.74, 6) is 0. The molecule has 0 aliphatic heterocycles. The predicted molar refractivity (Wildman–Crippen MR) is 8.71 cm³/mol. The van der Waals surface area contributed by atoms with Gasteiger partial charge in [-0.15, -0.1) is 0 Å². The average molecular weight is 201 g/mol. The zero-order valence-corrected chi connectivity index (χ0v) is 8.31. The van der Waals surface area contributed by atoms with Gasteiger partial charge in [-0.2, -0.15) is 0 Å². The largest absolute Gasteiger partial charge is 2.00 e. The molecule has 3 nitrogen and oxygen atoms in total. The van der Waals surface area contributed by atoms with Crippen molar-refractivity contribution < 1.29 is 87.0 Å². The Kier molecular flexibility index (Phi) is 14.6. The first-order chi connectivity index (χ1) is 2.00. The van der Waals surface area contributed by atoms with Gasteiger partial charge in [-0.05, 0) is 0 Å². The molecule has 0 saturated heterocycles. The summed E-state index contributed by atoms with van der Waals surface area (Å²) in [6.45, 7) is 0. The molecule has 1 radical (unpaired) electrons. The van der Waals surface area contributed by atoms with Crippen LogP contribution < -0.4 is 61.2 Å². The molecule has 7 heavy (non-hydrogen) atoms. The monoisotopic (exact) mass is 200 g/mol. The molecule has 0 N–H and O–H groups in total. The van der Waals surface area contributed by atoms with Crippen molar-refractivity contribution in [2.45, 2.75) is 0 Å². The molecule has 0 fully saturated rings. The maximum Gasteiger partial charge on any atom is 2.00 e. The first-order valence-corrected chi connectivity index (χ1v) is 2.15. The first kappa shape index (κ1) is 16.1. The van der Waals surface area contributed by atoms with Crippen molar-refractivity contribution in [3.05, 3.63) is 0 Å². The topological polar surface area (TPSA) is 63.2 Å². The summed E-state index contributed by atoms with van der Waals surface area (Å²) in [5, 5.41) is 0. The molecule has 0 amide bonds. The first-order valence-electron chi connectivity index (χ1n) is 0.717. The second kappa shape index (κ2) is 6.36. The third-order valence-electron chi connectivity index (χ3n) is 0. The van der Waals surface area contributed by atoms with Crippen LogP contribution in [0.4, 0.5) is 4.20 Å². The van der Waals surface area contributed by atoms with E-state index in [4.69, 9.17) is 14.4 Å². The summed E-state index contributed by atoms with van der Waals surface area (Å²) >= 11 is 0. The van der Waals surface area contributed by atoms with Gasteiger partial charge in [0.15, 0.2) is 0 Å². The Labute approximate surface area is 93.2 Å². The van der Waals surface area contributed by atoms with Gasteiger partial charge < -0.3 is 14.4 Å². The number of halogens is 1. The average Bonchev–Trinajstić information content (AvgIpc) is 0.722. The van der Waals surface area contributed by atoms with Crippen LogP contribution in [0.2, 0.25) is 0 Å².